The molecule has 0 N–H and O–H groups in total. The second-order valence-electron chi connectivity index (χ2n) is 8.48. The molecule has 1 unspecified atom stereocenters. The van der Waals surface area contributed by atoms with E-state index in [1.54, 1.807) is 19.1 Å². The van der Waals surface area contributed by atoms with Gasteiger partial charge in [0.05, 0.1) is 20.3 Å². The van der Waals surface area contributed by atoms with Crippen LogP contribution in [0.25, 0.3) is 0 Å². The van der Waals surface area contributed by atoms with Crippen LogP contribution in [0.2, 0.25) is 0 Å². The van der Waals surface area contributed by atoms with Gasteiger partial charge in [-0.25, -0.2) is 0 Å². The van der Waals surface area contributed by atoms with Crippen LogP contribution in [-0.4, -0.2) is 105 Å². The molecular formula is C23H32N4O4. The van der Waals surface area contributed by atoms with Gasteiger partial charge < -0.3 is 24.2 Å². The number of piperazine rings is 1. The molecule has 0 aliphatic carbocycles. The van der Waals surface area contributed by atoms with Crippen LogP contribution in [0.15, 0.2) is 36.4 Å². The van der Waals surface area contributed by atoms with E-state index in [1.807, 2.05) is 29.2 Å². The summed E-state index contributed by atoms with van der Waals surface area (Å²) in [4.78, 5) is 33.9. The summed E-state index contributed by atoms with van der Waals surface area (Å²) >= 11 is 0. The summed E-state index contributed by atoms with van der Waals surface area (Å²) in [6, 6.07) is 8.03. The molecule has 8 nitrogen and oxygen atoms in total. The monoisotopic (exact) mass is 428 g/mol. The summed E-state index contributed by atoms with van der Waals surface area (Å²) < 4.78 is 11.2. The molecule has 3 aliphatic rings. The predicted octanol–water partition coefficient (Wildman–Crippen LogP) is 0.833. The average Bonchev–Trinajstić information content (AvgIpc) is 2.93. The lowest BCUT2D eigenvalue weighted by atomic mass is 9.95. The third-order valence-corrected chi connectivity index (χ3v) is 6.42. The molecule has 1 spiro atoms. The van der Waals surface area contributed by atoms with Gasteiger partial charge in [0, 0.05) is 65.0 Å². The van der Waals surface area contributed by atoms with Gasteiger partial charge in [-0.15, -0.1) is 0 Å². The molecule has 1 atom stereocenters. The van der Waals surface area contributed by atoms with E-state index < -0.39 is 5.60 Å². The number of amides is 2. The van der Waals surface area contributed by atoms with Gasteiger partial charge in [-0.05, 0) is 24.3 Å². The number of methoxy groups -OCH3 is 1. The summed E-state index contributed by atoms with van der Waals surface area (Å²) in [5.74, 6) is 0.967. The van der Waals surface area contributed by atoms with Crippen molar-refractivity contribution in [3.05, 3.63) is 36.4 Å². The predicted molar refractivity (Wildman–Crippen MR) is 118 cm³/mol. The summed E-state index contributed by atoms with van der Waals surface area (Å²) in [7, 11) is 3.46. The molecule has 0 radical (unpaired) electrons. The normalized spacial score (nSPS) is 25.1. The molecule has 2 amide bonds. The minimum atomic E-state index is -0.868. The topological polar surface area (TPSA) is 65.6 Å². The number of morpholine rings is 1. The number of carbonyl (C=O) groups is 2. The molecule has 3 heterocycles. The van der Waals surface area contributed by atoms with Crippen LogP contribution in [-0.2, 0) is 14.3 Å². The number of hydrogen-bond donors (Lipinski definition) is 0. The highest BCUT2D eigenvalue weighted by Gasteiger charge is 2.45. The smallest absolute Gasteiger partial charge is 0.256 e. The minimum Gasteiger partial charge on any atom is -0.497 e. The molecule has 2 fully saturated rings. The van der Waals surface area contributed by atoms with Gasteiger partial charge in [0.1, 0.15) is 5.75 Å². The summed E-state index contributed by atoms with van der Waals surface area (Å²) in [6.07, 6.45) is 4.58. The Morgan fingerprint density at radius 3 is 2.55 bits per heavy atom. The molecule has 2 saturated heterocycles. The first-order valence-electron chi connectivity index (χ1n) is 10.9. The highest BCUT2D eigenvalue weighted by Crippen LogP contribution is 2.27. The van der Waals surface area contributed by atoms with E-state index in [4.69, 9.17) is 9.47 Å². The van der Waals surface area contributed by atoms with E-state index in [-0.39, 0.29) is 11.8 Å². The number of anilines is 1. The van der Waals surface area contributed by atoms with Crippen LogP contribution < -0.4 is 9.64 Å². The van der Waals surface area contributed by atoms with Crippen molar-refractivity contribution >= 4 is 17.5 Å². The number of rotatable bonds is 4. The summed E-state index contributed by atoms with van der Waals surface area (Å²) in [5.41, 5.74) is 0.278. The second-order valence-corrected chi connectivity index (χ2v) is 8.48. The largest absolute Gasteiger partial charge is 0.497 e. The van der Waals surface area contributed by atoms with Gasteiger partial charge in [-0.1, -0.05) is 12.2 Å². The molecular weight excluding hydrogens is 396 g/mol. The Morgan fingerprint density at radius 1 is 1.10 bits per heavy atom. The minimum absolute atomic E-state index is 0.00255. The van der Waals surface area contributed by atoms with E-state index >= 15 is 0 Å². The molecule has 1 aromatic rings. The fourth-order valence-corrected chi connectivity index (χ4v) is 4.57. The van der Waals surface area contributed by atoms with E-state index in [2.05, 4.69) is 21.9 Å². The van der Waals surface area contributed by atoms with Crippen molar-refractivity contribution in [2.75, 3.05) is 78.0 Å². The maximum absolute atomic E-state index is 13.0. The van der Waals surface area contributed by atoms with Crippen LogP contribution in [0, 0.1) is 0 Å². The van der Waals surface area contributed by atoms with Crippen molar-refractivity contribution in [3.63, 3.8) is 0 Å². The van der Waals surface area contributed by atoms with E-state index in [0.29, 0.717) is 52.3 Å². The lowest BCUT2D eigenvalue weighted by molar-refractivity contribution is -0.169. The highest BCUT2D eigenvalue weighted by atomic mass is 16.5. The van der Waals surface area contributed by atoms with Gasteiger partial charge in [0.15, 0.2) is 5.60 Å². The van der Waals surface area contributed by atoms with Gasteiger partial charge in [-0.3, -0.25) is 14.5 Å². The summed E-state index contributed by atoms with van der Waals surface area (Å²) in [5, 5.41) is 0. The van der Waals surface area contributed by atoms with Gasteiger partial charge in [0.2, 0.25) is 5.91 Å². The van der Waals surface area contributed by atoms with Crippen molar-refractivity contribution in [1.29, 1.82) is 0 Å². The van der Waals surface area contributed by atoms with Crippen LogP contribution in [0.4, 0.5) is 5.69 Å². The standard InChI is InChI=1S/C23H32N4O4/c1-24-10-4-3-9-23(22(24)29)18-25(15-16-31-23)17-21(28)27-13-11-26(12-14-27)19-5-7-20(30-2)8-6-19/h3-8H,9-18H2,1-2H3. The molecule has 0 saturated carbocycles. The Balaban J connectivity index is 1.31. The zero-order valence-corrected chi connectivity index (χ0v) is 18.5. The number of carbonyl (C=O) groups excluding carboxylic acids is 2. The Morgan fingerprint density at radius 2 is 1.84 bits per heavy atom. The Kier molecular flexibility index (Phi) is 6.48. The third kappa shape index (κ3) is 4.70. The third-order valence-electron chi connectivity index (χ3n) is 6.42. The lowest BCUT2D eigenvalue weighted by Gasteiger charge is -2.42. The lowest BCUT2D eigenvalue weighted by Crippen LogP contribution is -2.61. The van der Waals surface area contributed by atoms with E-state index in [0.717, 1.165) is 24.5 Å². The van der Waals surface area contributed by atoms with Crippen LogP contribution in [0.1, 0.15) is 6.42 Å². The average molecular weight is 429 g/mol. The second kappa shape index (κ2) is 9.28. The molecule has 1 aromatic carbocycles. The Labute approximate surface area is 184 Å². The molecule has 168 valence electrons. The SMILES string of the molecule is COc1ccc(N2CCN(C(=O)CN3CCOC4(CC=CCN(C)C4=O)C3)CC2)cc1. The first-order chi connectivity index (χ1) is 15.0. The van der Waals surface area contributed by atoms with Crippen LogP contribution in [0.3, 0.4) is 0 Å². The number of nitrogens with zero attached hydrogens (tertiary/aromatic N) is 4. The molecule has 3 aliphatic heterocycles. The van der Waals surface area contributed by atoms with Crippen molar-refractivity contribution in [2.45, 2.75) is 12.0 Å². The zero-order chi connectivity index (χ0) is 21.8. The first-order valence-corrected chi connectivity index (χ1v) is 10.9. The van der Waals surface area contributed by atoms with Crippen LogP contribution in [0.5, 0.6) is 5.75 Å². The molecule has 31 heavy (non-hydrogen) atoms. The Bertz CT molecular complexity index is 819. The van der Waals surface area contributed by atoms with Crippen molar-refractivity contribution in [3.8, 4) is 5.75 Å². The number of hydrogen-bond acceptors (Lipinski definition) is 6. The number of benzene rings is 1. The fourth-order valence-electron chi connectivity index (χ4n) is 4.57. The van der Waals surface area contributed by atoms with Crippen molar-refractivity contribution in [2.24, 2.45) is 0 Å². The quantitative estimate of drug-likeness (QED) is 0.662. The maximum atomic E-state index is 13.0. The summed E-state index contributed by atoms with van der Waals surface area (Å²) in [6.45, 7) is 5.52. The molecule has 0 bridgehead atoms. The molecule has 4 rings (SSSR count). The molecule has 0 aromatic heterocycles. The number of ether oxygens (including phenoxy) is 2. The molecule has 8 heteroatoms. The number of likely N-dealkylation sites (N-methyl/N-ethyl adjacent to an activating group) is 1. The van der Waals surface area contributed by atoms with Crippen molar-refractivity contribution in [1.82, 2.24) is 14.7 Å². The van der Waals surface area contributed by atoms with E-state index in [1.165, 1.54) is 0 Å². The van der Waals surface area contributed by atoms with Gasteiger partial charge >= 0.3 is 0 Å². The van der Waals surface area contributed by atoms with Crippen molar-refractivity contribution < 1.29 is 19.1 Å². The fraction of sp³-hybridized carbons (Fsp3) is 0.565. The van der Waals surface area contributed by atoms with Gasteiger partial charge in [0.25, 0.3) is 5.91 Å². The Hall–Kier alpha value is -2.58. The first kappa shape index (κ1) is 21.6. The van der Waals surface area contributed by atoms with Crippen LogP contribution >= 0.6 is 0 Å². The van der Waals surface area contributed by atoms with Gasteiger partial charge in [-0.2, -0.15) is 0 Å². The highest BCUT2D eigenvalue weighted by molar-refractivity contribution is 5.86. The maximum Gasteiger partial charge on any atom is 0.256 e. The zero-order valence-electron chi connectivity index (χ0n) is 18.5. The van der Waals surface area contributed by atoms with E-state index in [9.17, 15) is 9.59 Å².